The van der Waals surface area contributed by atoms with Gasteiger partial charge in [-0.1, -0.05) is 40.2 Å². The number of amides is 2. The molecule has 0 radical (unpaired) electrons. The summed E-state index contributed by atoms with van der Waals surface area (Å²) in [5.74, 6) is -0.479. The molecule has 142 valence electrons. The maximum absolute atomic E-state index is 12.8. The van der Waals surface area contributed by atoms with Crippen molar-refractivity contribution in [2.45, 2.75) is 20.3 Å². The second-order valence-corrected chi connectivity index (χ2v) is 8.19. The number of carbonyl (C=O) groups is 2. The van der Waals surface area contributed by atoms with Crippen LogP contribution in [-0.2, 0) is 9.59 Å². The predicted octanol–water partition coefficient (Wildman–Crippen LogP) is 5.21. The lowest BCUT2D eigenvalue weighted by Crippen LogP contribution is -2.28. The molecule has 1 atom stereocenters. The molecule has 0 aliphatic carbocycles. The highest BCUT2D eigenvalue weighted by molar-refractivity contribution is 9.10. The van der Waals surface area contributed by atoms with Crippen LogP contribution in [0.2, 0.25) is 0 Å². The van der Waals surface area contributed by atoms with Crippen LogP contribution in [0.4, 0.5) is 11.4 Å². The molecule has 4 rings (SSSR count). The van der Waals surface area contributed by atoms with Crippen LogP contribution in [0.5, 0.6) is 0 Å². The SMILES string of the molecule is Cc1ccc(N2CC(C(=O)Nc3ccc4c(Br)cccc4c3)CC2=O)cc1C. The van der Waals surface area contributed by atoms with Crippen LogP contribution in [0.1, 0.15) is 17.5 Å². The minimum atomic E-state index is -0.354. The summed E-state index contributed by atoms with van der Waals surface area (Å²) in [6, 6.07) is 17.8. The van der Waals surface area contributed by atoms with Crippen molar-refractivity contribution in [1.29, 1.82) is 0 Å². The van der Waals surface area contributed by atoms with Crippen LogP contribution in [0.25, 0.3) is 10.8 Å². The molecular weight excluding hydrogens is 416 g/mol. The van der Waals surface area contributed by atoms with Gasteiger partial charge in [-0.2, -0.15) is 0 Å². The second kappa shape index (κ2) is 7.40. The van der Waals surface area contributed by atoms with Gasteiger partial charge in [-0.25, -0.2) is 0 Å². The van der Waals surface area contributed by atoms with Crippen molar-refractivity contribution in [3.05, 3.63) is 70.2 Å². The van der Waals surface area contributed by atoms with E-state index in [1.54, 1.807) is 4.90 Å². The van der Waals surface area contributed by atoms with E-state index in [2.05, 4.69) is 21.2 Å². The number of rotatable bonds is 3. The van der Waals surface area contributed by atoms with Crippen LogP contribution in [0, 0.1) is 19.8 Å². The van der Waals surface area contributed by atoms with Crippen molar-refractivity contribution < 1.29 is 9.59 Å². The Morgan fingerprint density at radius 2 is 1.89 bits per heavy atom. The average Bonchev–Trinajstić information content (AvgIpc) is 3.06. The fourth-order valence-electron chi connectivity index (χ4n) is 3.59. The quantitative estimate of drug-likeness (QED) is 0.612. The Hall–Kier alpha value is -2.66. The number of anilines is 2. The molecule has 0 spiro atoms. The number of fused-ring (bicyclic) bond motifs is 1. The highest BCUT2D eigenvalue weighted by Crippen LogP contribution is 2.29. The number of nitrogens with one attached hydrogen (secondary N) is 1. The monoisotopic (exact) mass is 436 g/mol. The Balaban J connectivity index is 1.50. The highest BCUT2D eigenvalue weighted by Gasteiger charge is 2.35. The van der Waals surface area contributed by atoms with Crippen molar-refractivity contribution in [3.8, 4) is 0 Å². The lowest BCUT2D eigenvalue weighted by molar-refractivity contribution is -0.122. The van der Waals surface area contributed by atoms with Crippen LogP contribution in [-0.4, -0.2) is 18.4 Å². The van der Waals surface area contributed by atoms with Gasteiger partial charge >= 0.3 is 0 Å². The number of nitrogens with zero attached hydrogens (tertiary/aromatic N) is 1. The average molecular weight is 437 g/mol. The molecule has 2 amide bonds. The first-order valence-corrected chi connectivity index (χ1v) is 10.1. The topological polar surface area (TPSA) is 49.4 Å². The molecule has 1 aliphatic rings. The minimum absolute atomic E-state index is 0.00848. The van der Waals surface area contributed by atoms with E-state index < -0.39 is 0 Å². The summed E-state index contributed by atoms with van der Waals surface area (Å²) in [5, 5.41) is 5.12. The lowest BCUT2D eigenvalue weighted by Gasteiger charge is -2.18. The molecule has 1 unspecified atom stereocenters. The minimum Gasteiger partial charge on any atom is -0.326 e. The van der Waals surface area contributed by atoms with Gasteiger partial charge in [0.15, 0.2) is 0 Å². The zero-order valence-corrected chi connectivity index (χ0v) is 17.4. The zero-order valence-electron chi connectivity index (χ0n) is 15.8. The summed E-state index contributed by atoms with van der Waals surface area (Å²) >= 11 is 3.54. The first-order chi connectivity index (χ1) is 13.4. The van der Waals surface area contributed by atoms with Gasteiger partial charge < -0.3 is 10.2 Å². The van der Waals surface area contributed by atoms with Gasteiger partial charge in [-0.3, -0.25) is 9.59 Å². The number of hydrogen-bond acceptors (Lipinski definition) is 2. The van der Waals surface area contributed by atoms with E-state index in [1.165, 1.54) is 5.56 Å². The molecule has 5 heteroatoms. The Morgan fingerprint density at radius 1 is 1.07 bits per heavy atom. The van der Waals surface area contributed by atoms with Crippen molar-refractivity contribution in [3.63, 3.8) is 0 Å². The van der Waals surface area contributed by atoms with Crippen LogP contribution < -0.4 is 10.2 Å². The van der Waals surface area contributed by atoms with Gasteiger partial charge in [-0.05, 0) is 66.1 Å². The summed E-state index contributed by atoms with van der Waals surface area (Å²) in [6.45, 7) is 4.48. The molecule has 1 N–H and O–H groups in total. The second-order valence-electron chi connectivity index (χ2n) is 7.34. The first kappa shape index (κ1) is 18.7. The Bertz CT molecular complexity index is 1090. The van der Waals surface area contributed by atoms with Gasteiger partial charge in [-0.15, -0.1) is 0 Å². The summed E-state index contributed by atoms with van der Waals surface area (Å²) in [6.07, 6.45) is 0.234. The summed E-state index contributed by atoms with van der Waals surface area (Å²) in [4.78, 5) is 27.0. The third-order valence-corrected chi connectivity index (χ3v) is 6.08. The van der Waals surface area contributed by atoms with E-state index in [9.17, 15) is 9.59 Å². The largest absolute Gasteiger partial charge is 0.326 e. The van der Waals surface area contributed by atoms with Gasteiger partial charge in [0.05, 0.1) is 5.92 Å². The van der Waals surface area contributed by atoms with Gasteiger partial charge in [0, 0.05) is 28.8 Å². The van der Waals surface area contributed by atoms with Crippen molar-refractivity contribution in [1.82, 2.24) is 0 Å². The Morgan fingerprint density at radius 3 is 2.68 bits per heavy atom. The number of benzene rings is 3. The molecule has 3 aromatic carbocycles. The maximum Gasteiger partial charge on any atom is 0.229 e. The molecule has 0 aromatic heterocycles. The van der Waals surface area contributed by atoms with Crippen LogP contribution >= 0.6 is 15.9 Å². The molecule has 0 saturated carbocycles. The van der Waals surface area contributed by atoms with Crippen molar-refractivity contribution in [2.75, 3.05) is 16.8 Å². The zero-order chi connectivity index (χ0) is 19.8. The Labute approximate surface area is 172 Å². The third-order valence-electron chi connectivity index (χ3n) is 5.39. The molecule has 0 bridgehead atoms. The van der Waals surface area contributed by atoms with Crippen molar-refractivity contribution in [2.24, 2.45) is 5.92 Å². The normalized spacial score (nSPS) is 16.6. The van der Waals surface area contributed by atoms with Gasteiger partial charge in [0.1, 0.15) is 0 Å². The molecule has 1 aliphatic heterocycles. The van der Waals surface area contributed by atoms with E-state index in [0.717, 1.165) is 32.2 Å². The number of aryl methyl sites for hydroxylation is 2. The maximum atomic E-state index is 12.8. The summed E-state index contributed by atoms with van der Waals surface area (Å²) < 4.78 is 1.02. The molecule has 28 heavy (non-hydrogen) atoms. The lowest BCUT2D eigenvalue weighted by atomic mass is 10.1. The van der Waals surface area contributed by atoms with E-state index >= 15 is 0 Å². The van der Waals surface area contributed by atoms with Gasteiger partial charge in [0.25, 0.3) is 0 Å². The van der Waals surface area contributed by atoms with Gasteiger partial charge in [0.2, 0.25) is 11.8 Å². The fourth-order valence-corrected chi connectivity index (χ4v) is 4.11. The van der Waals surface area contributed by atoms with E-state index in [4.69, 9.17) is 0 Å². The Kier molecular flexibility index (Phi) is 4.94. The van der Waals surface area contributed by atoms with E-state index in [-0.39, 0.29) is 24.2 Å². The smallest absolute Gasteiger partial charge is 0.229 e. The van der Waals surface area contributed by atoms with Crippen molar-refractivity contribution >= 4 is 49.9 Å². The molecular formula is C23H21BrN2O2. The van der Waals surface area contributed by atoms with Crippen LogP contribution in [0.3, 0.4) is 0 Å². The first-order valence-electron chi connectivity index (χ1n) is 9.29. The molecule has 1 fully saturated rings. The molecule has 1 heterocycles. The number of hydrogen-bond donors (Lipinski definition) is 1. The number of carbonyl (C=O) groups excluding carboxylic acids is 2. The van der Waals surface area contributed by atoms with E-state index in [0.29, 0.717) is 6.54 Å². The van der Waals surface area contributed by atoms with E-state index in [1.807, 2.05) is 68.4 Å². The third kappa shape index (κ3) is 3.54. The summed E-state index contributed by atoms with van der Waals surface area (Å²) in [5.41, 5.74) is 3.93. The fraction of sp³-hybridized carbons (Fsp3) is 0.217. The summed E-state index contributed by atoms with van der Waals surface area (Å²) in [7, 11) is 0. The van der Waals surface area contributed by atoms with Crippen LogP contribution in [0.15, 0.2) is 59.1 Å². The molecule has 4 nitrogen and oxygen atoms in total. The molecule has 3 aromatic rings. The number of halogens is 1. The predicted molar refractivity (Wildman–Crippen MR) is 117 cm³/mol. The highest BCUT2D eigenvalue weighted by atomic mass is 79.9. The standard InChI is InChI=1S/C23H21BrN2O2/c1-14-6-8-19(10-15(14)2)26-13-17(12-22(26)27)23(28)25-18-7-9-20-16(11-18)4-3-5-21(20)24/h3-11,17H,12-13H2,1-2H3,(H,25,28). The molecule has 1 saturated heterocycles.